The molecule has 0 aromatic carbocycles. The van der Waals surface area contributed by atoms with E-state index in [9.17, 15) is 5.11 Å². The van der Waals surface area contributed by atoms with Gasteiger partial charge in [0.25, 0.3) is 0 Å². The van der Waals surface area contributed by atoms with Crippen molar-refractivity contribution >= 4 is 0 Å². The normalized spacial score (nSPS) is 34.7. The fourth-order valence-corrected chi connectivity index (χ4v) is 4.06. The highest BCUT2D eigenvalue weighted by atomic mass is 16.5. The Morgan fingerprint density at radius 1 is 1.17 bits per heavy atom. The molecule has 3 nitrogen and oxygen atoms in total. The van der Waals surface area contributed by atoms with E-state index in [0.717, 1.165) is 32.1 Å². The second-order valence-corrected chi connectivity index (χ2v) is 7.20. The lowest BCUT2D eigenvalue weighted by molar-refractivity contribution is -0.148. The van der Waals surface area contributed by atoms with Crippen molar-refractivity contribution in [2.24, 2.45) is 5.92 Å². The van der Waals surface area contributed by atoms with Crippen LogP contribution in [0.4, 0.5) is 0 Å². The number of aliphatic hydroxyl groups is 1. The van der Waals surface area contributed by atoms with Gasteiger partial charge in [0.1, 0.15) is 0 Å². The molecule has 1 saturated carbocycles. The first-order chi connectivity index (χ1) is 8.22. The first kappa shape index (κ1) is 14.3. The van der Waals surface area contributed by atoms with Crippen LogP contribution in [0, 0.1) is 5.92 Å². The van der Waals surface area contributed by atoms with Crippen molar-refractivity contribution < 1.29 is 14.6 Å². The molecule has 2 rings (SSSR count). The average molecular weight is 256 g/mol. The molecule has 1 heterocycles. The van der Waals surface area contributed by atoms with Gasteiger partial charge in [-0.1, -0.05) is 12.8 Å². The van der Waals surface area contributed by atoms with E-state index in [1.165, 1.54) is 0 Å². The maximum atomic E-state index is 10.9. The van der Waals surface area contributed by atoms with Crippen LogP contribution in [0.1, 0.15) is 59.8 Å². The molecule has 0 spiro atoms. The van der Waals surface area contributed by atoms with Crippen molar-refractivity contribution in [2.45, 2.75) is 82.7 Å². The summed E-state index contributed by atoms with van der Waals surface area (Å²) in [6.45, 7) is 8.40. The summed E-state index contributed by atoms with van der Waals surface area (Å²) >= 11 is 0. The fourth-order valence-electron chi connectivity index (χ4n) is 4.06. The zero-order valence-corrected chi connectivity index (χ0v) is 12.5. The van der Waals surface area contributed by atoms with E-state index in [0.29, 0.717) is 0 Å². The van der Waals surface area contributed by atoms with Gasteiger partial charge >= 0.3 is 0 Å². The first-order valence-corrected chi connectivity index (χ1v) is 7.16. The second-order valence-electron chi connectivity index (χ2n) is 7.20. The molecule has 2 fully saturated rings. The van der Waals surface area contributed by atoms with Crippen molar-refractivity contribution in [3.63, 3.8) is 0 Å². The SMILES string of the molecule is COC1(C(O)C2CC(C)(C)OC2(C)C)CCCC1. The topological polar surface area (TPSA) is 38.7 Å². The summed E-state index contributed by atoms with van der Waals surface area (Å²) in [6, 6.07) is 0. The molecule has 0 radical (unpaired) electrons. The first-order valence-electron chi connectivity index (χ1n) is 7.16. The standard InChI is InChI=1S/C15H28O3/c1-13(2)10-11(14(3,4)18-13)12(16)15(17-5)8-6-7-9-15/h11-12,16H,6-10H2,1-5H3. The minimum atomic E-state index is -0.429. The monoisotopic (exact) mass is 256 g/mol. The zero-order chi connectivity index (χ0) is 13.6. The lowest BCUT2D eigenvalue weighted by atomic mass is 9.75. The molecule has 2 atom stereocenters. The largest absolute Gasteiger partial charge is 0.390 e. The molecule has 1 aliphatic carbocycles. The molecule has 0 aromatic rings. The predicted octanol–water partition coefficient (Wildman–Crippen LogP) is 2.90. The molecule has 106 valence electrons. The summed E-state index contributed by atoms with van der Waals surface area (Å²) in [4.78, 5) is 0. The van der Waals surface area contributed by atoms with Gasteiger partial charge in [-0.2, -0.15) is 0 Å². The number of ether oxygens (including phenoxy) is 2. The second kappa shape index (κ2) is 4.46. The van der Waals surface area contributed by atoms with E-state index in [2.05, 4.69) is 27.7 Å². The van der Waals surface area contributed by atoms with Gasteiger partial charge in [-0.3, -0.25) is 0 Å². The van der Waals surface area contributed by atoms with Crippen LogP contribution in [0.3, 0.4) is 0 Å². The van der Waals surface area contributed by atoms with Crippen LogP contribution in [0.25, 0.3) is 0 Å². The van der Waals surface area contributed by atoms with Gasteiger partial charge in [0, 0.05) is 13.0 Å². The molecule has 0 amide bonds. The molecule has 0 aromatic heterocycles. The third-order valence-corrected chi connectivity index (χ3v) is 4.92. The Morgan fingerprint density at radius 3 is 2.11 bits per heavy atom. The molecule has 2 aliphatic rings. The van der Waals surface area contributed by atoms with E-state index in [4.69, 9.17) is 9.47 Å². The minimum Gasteiger partial charge on any atom is -0.390 e. The third kappa shape index (κ3) is 2.33. The molecule has 1 aliphatic heterocycles. The number of hydrogen-bond donors (Lipinski definition) is 1. The molecular formula is C15H28O3. The van der Waals surface area contributed by atoms with Crippen molar-refractivity contribution in [1.82, 2.24) is 0 Å². The quantitative estimate of drug-likeness (QED) is 0.844. The maximum Gasteiger partial charge on any atom is 0.0940 e. The van der Waals surface area contributed by atoms with Gasteiger partial charge in [-0.05, 0) is 47.0 Å². The summed E-state index contributed by atoms with van der Waals surface area (Å²) in [5.41, 5.74) is -0.772. The number of rotatable bonds is 3. The van der Waals surface area contributed by atoms with Crippen LogP contribution in [0.2, 0.25) is 0 Å². The van der Waals surface area contributed by atoms with E-state index in [-0.39, 0.29) is 22.7 Å². The van der Waals surface area contributed by atoms with Gasteiger partial charge < -0.3 is 14.6 Å². The minimum absolute atomic E-state index is 0.144. The van der Waals surface area contributed by atoms with Gasteiger partial charge in [0.05, 0.1) is 22.9 Å². The van der Waals surface area contributed by atoms with E-state index in [1.807, 2.05) is 0 Å². The third-order valence-electron chi connectivity index (χ3n) is 4.92. The van der Waals surface area contributed by atoms with Crippen LogP contribution < -0.4 is 0 Å². The highest BCUT2D eigenvalue weighted by molar-refractivity contribution is 5.05. The number of methoxy groups -OCH3 is 1. The maximum absolute atomic E-state index is 10.9. The summed E-state index contributed by atoms with van der Waals surface area (Å²) in [7, 11) is 1.74. The molecule has 3 heteroatoms. The van der Waals surface area contributed by atoms with E-state index in [1.54, 1.807) is 7.11 Å². The fraction of sp³-hybridized carbons (Fsp3) is 1.00. The molecular weight excluding hydrogens is 228 g/mol. The van der Waals surface area contributed by atoms with Gasteiger partial charge in [0.2, 0.25) is 0 Å². The van der Waals surface area contributed by atoms with Crippen molar-refractivity contribution in [3.05, 3.63) is 0 Å². The van der Waals surface area contributed by atoms with Crippen LogP contribution in [0.5, 0.6) is 0 Å². The highest BCUT2D eigenvalue weighted by Gasteiger charge is 2.55. The van der Waals surface area contributed by atoms with Crippen LogP contribution >= 0.6 is 0 Å². The summed E-state index contributed by atoms with van der Waals surface area (Å²) < 4.78 is 11.8. The zero-order valence-electron chi connectivity index (χ0n) is 12.5. The Hall–Kier alpha value is -0.120. The molecule has 0 bridgehead atoms. The Balaban J connectivity index is 2.20. The Kier molecular flexibility index (Phi) is 3.54. The van der Waals surface area contributed by atoms with Gasteiger partial charge in [-0.25, -0.2) is 0 Å². The Labute approximate surface area is 111 Å². The molecule has 18 heavy (non-hydrogen) atoms. The van der Waals surface area contributed by atoms with E-state index >= 15 is 0 Å². The number of hydrogen-bond acceptors (Lipinski definition) is 3. The predicted molar refractivity (Wildman–Crippen MR) is 71.6 cm³/mol. The van der Waals surface area contributed by atoms with Crippen LogP contribution in [0.15, 0.2) is 0 Å². The Bertz CT molecular complexity index is 303. The summed E-state index contributed by atoms with van der Waals surface area (Å²) in [5, 5.41) is 10.9. The van der Waals surface area contributed by atoms with Gasteiger partial charge in [-0.15, -0.1) is 0 Å². The Morgan fingerprint density at radius 2 is 1.72 bits per heavy atom. The molecule has 2 unspecified atom stereocenters. The molecule has 1 N–H and O–H groups in total. The van der Waals surface area contributed by atoms with Crippen molar-refractivity contribution in [1.29, 1.82) is 0 Å². The molecule has 1 saturated heterocycles. The lowest BCUT2D eigenvalue weighted by Crippen LogP contribution is -2.50. The van der Waals surface area contributed by atoms with Crippen LogP contribution in [-0.2, 0) is 9.47 Å². The summed E-state index contributed by atoms with van der Waals surface area (Å²) in [5.74, 6) is 0.144. The summed E-state index contributed by atoms with van der Waals surface area (Å²) in [6.07, 6.45) is 4.72. The lowest BCUT2D eigenvalue weighted by Gasteiger charge is -2.40. The smallest absolute Gasteiger partial charge is 0.0940 e. The van der Waals surface area contributed by atoms with E-state index < -0.39 is 6.10 Å². The van der Waals surface area contributed by atoms with Crippen molar-refractivity contribution in [2.75, 3.05) is 7.11 Å². The highest BCUT2D eigenvalue weighted by Crippen LogP contribution is 2.49. The average Bonchev–Trinajstić information content (AvgIpc) is 2.80. The van der Waals surface area contributed by atoms with Gasteiger partial charge in [0.15, 0.2) is 0 Å². The number of aliphatic hydroxyl groups excluding tert-OH is 1. The van der Waals surface area contributed by atoms with Crippen molar-refractivity contribution in [3.8, 4) is 0 Å². The van der Waals surface area contributed by atoms with Crippen LogP contribution in [-0.4, -0.2) is 35.1 Å².